The fraction of sp³-hybridized carbons (Fsp3) is 0.111. The summed E-state index contributed by atoms with van der Waals surface area (Å²) in [4.78, 5) is 19.7. The molecule has 2 aromatic carbocycles. The van der Waals surface area contributed by atoms with E-state index >= 15 is 0 Å². The van der Waals surface area contributed by atoms with Crippen LogP contribution in [-0.4, -0.2) is 15.9 Å². The number of nitrogens with zero attached hydrogens (tertiary/aromatic N) is 1. The van der Waals surface area contributed by atoms with E-state index in [4.69, 9.17) is 27.6 Å². The maximum absolute atomic E-state index is 12.2. The standard InChI is InChI=1S/C18H13Cl2N3O2/c19-11-5-10-6-12(25-18(10)13(20)7-11)8-17(24)21-9-16-22-14-3-1-2-4-15(14)23-16/h1-7H,8-9H2,(H,21,24)(H,22,23). The Labute approximate surface area is 152 Å². The average molecular weight is 374 g/mol. The van der Waals surface area contributed by atoms with Crippen molar-refractivity contribution in [1.29, 1.82) is 0 Å². The molecule has 0 aliphatic rings. The lowest BCUT2D eigenvalue weighted by molar-refractivity contribution is -0.120. The number of H-pyrrole nitrogens is 1. The van der Waals surface area contributed by atoms with Crippen LogP contribution in [0, 0.1) is 0 Å². The number of fused-ring (bicyclic) bond motifs is 2. The first kappa shape index (κ1) is 16.0. The average Bonchev–Trinajstić information content (AvgIpc) is 3.16. The van der Waals surface area contributed by atoms with Gasteiger partial charge in [0, 0.05) is 10.4 Å². The Morgan fingerprint density at radius 2 is 2.04 bits per heavy atom. The van der Waals surface area contributed by atoms with Crippen LogP contribution in [0.5, 0.6) is 0 Å². The van der Waals surface area contributed by atoms with E-state index in [0.29, 0.717) is 33.8 Å². The summed E-state index contributed by atoms with van der Waals surface area (Å²) in [6.45, 7) is 0.320. The van der Waals surface area contributed by atoms with Crippen LogP contribution in [0.25, 0.3) is 22.0 Å². The predicted octanol–water partition coefficient (Wildman–Crippen LogP) is 4.47. The normalized spacial score (nSPS) is 11.3. The van der Waals surface area contributed by atoms with Crippen LogP contribution in [0.3, 0.4) is 0 Å². The van der Waals surface area contributed by atoms with Gasteiger partial charge in [0.05, 0.1) is 29.0 Å². The van der Waals surface area contributed by atoms with Gasteiger partial charge in [-0.1, -0.05) is 35.3 Å². The van der Waals surface area contributed by atoms with Crippen molar-refractivity contribution >= 4 is 51.1 Å². The van der Waals surface area contributed by atoms with E-state index < -0.39 is 0 Å². The van der Waals surface area contributed by atoms with Crippen LogP contribution in [0.2, 0.25) is 10.0 Å². The molecule has 2 aromatic heterocycles. The lowest BCUT2D eigenvalue weighted by Gasteiger charge is -2.01. The van der Waals surface area contributed by atoms with Gasteiger partial charge in [-0.2, -0.15) is 0 Å². The molecule has 1 amide bonds. The van der Waals surface area contributed by atoms with Gasteiger partial charge in [-0.05, 0) is 30.3 Å². The van der Waals surface area contributed by atoms with Gasteiger partial charge in [0.1, 0.15) is 11.6 Å². The minimum atomic E-state index is -0.165. The summed E-state index contributed by atoms with van der Waals surface area (Å²) in [5.41, 5.74) is 2.34. The number of amides is 1. The van der Waals surface area contributed by atoms with Crippen LogP contribution >= 0.6 is 23.2 Å². The lowest BCUT2D eigenvalue weighted by Crippen LogP contribution is -2.24. The summed E-state index contributed by atoms with van der Waals surface area (Å²) in [6.07, 6.45) is 0.114. The zero-order valence-corrected chi connectivity index (χ0v) is 14.5. The highest BCUT2D eigenvalue weighted by Crippen LogP contribution is 2.30. The Morgan fingerprint density at radius 1 is 1.20 bits per heavy atom. The Kier molecular flexibility index (Phi) is 4.11. The molecule has 0 aliphatic carbocycles. The fourth-order valence-corrected chi connectivity index (χ4v) is 3.26. The molecule has 0 saturated carbocycles. The molecule has 126 valence electrons. The van der Waals surface area contributed by atoms with Crippen LogP contribution in [0.15, 0.2) is 46.9 Å². The molecular weight excluding hydrogens is 361 g/mol. The number of aromatic nitrogens is 2. The Bertz CT molecular complexity index is 1050. The highest BCUT2D eigenvalue weighted by Gasteiger charge is 2.12. The molecule has 7 heteroatoms. The number of carbonyl (C=O) groups excluding carboxylic acids is 1. The Morgan fingerprint density at radius 3 is 2.88 bits per heavy atom. The van der Waals surface area contributed by atoms with Crippen molar-refractivity contribution in [2.75, 3.05) is 0 Å². The molecule has 0 atom stereocenters. The smallest absolute Gasteiger partial charge is 0.227 e. The second-order valence-corrected chi connectivity index (χ2v) is 6.52. The van der Waals surface area contributed by atoms with Crippen molar-refractivity contribution in [2.45, 2.75) is 13.0 Å². The van der Waals surface area contributed by atoms with E-state index in [1.54, 1.807) is 18.2 Å². The Balaban J connectivity index is 1.44. The van der Waals surface area contributed by atoms with E-state index in [0.717, 1.165) is 16.4 Å². The highest BCUT2D eigenvalue weighted by atomic mass is 35.5. The van der Waals surface area contributed by atoms with Gasteiger partial charge in [0.25, 0.3) is 0 Å². The number of aromatic amines is 1. The van der Waals surface area contributed by atoms with Gasteiger partial charge in [0.15, 0.2) is 5.58 Å². The topological polar surface area (TPSA) is 70.9 Å². The summed E-state index contributed by atoms with van der Waals surface area (Å²) >= 11 is 12.1. The molecule has 0 radical (unpaired) electrons. The molecule has 2 N–H and O–H groups in total. The van der Waals surface area contributed by atoms with E-state index in [-0.39, 0.29) is 12.3 Å². The monoisotopic (exact) mass is 373 g/mol. The number of furan rings is 1. The minimum absolute atomic E-state index is 0.114. The minimum Gasteiger partial charge on any atom is -0.459 e. The molecule has 0 saturated heterocycles. The summed E-state index contributed by atoms with van der Waals surface area (Å²) < 4.78 is 5.65. The zero-order chi connectivity index (χ0) is 17.4. The molecule has 0 unspecified atom stereocenters. The number of hydrogen-bond donors (Lipinski definition) is 2. The van der Waals surface area contributed by atoms with Gasteiger partial charge < -0.3 is 14.7 Å². The molecule has 2 heterocycles. The first-order chi connectivity index (χ1) is 12.1. The van der Waals surface area contributed by atoms with Crippen molar-refractivity contribution in [3.05, 3.63) is 64.1 Å². The number of nitrogens with one attached hydrogen (secondary N) is 2. The van der Waals surface area contributed by atoms with Gasteiger partial charge in [0.2, 0.25) is 5.91 Å². The van der Waals surface area contributed by atoms with E-state index in [1.165, 1.54) is 0 Å². The van der Waals surface area contributed by atoms with Gasteiger partial charge in [-0.15, -0.1) is 0 Å². The molecule has 25 heavy (non-hydrogen) atoms. The Hall–Kier alpha value is -2.50. The van der Waals surface area contributed by atoms with Crippen molar-refractivity contribution in [1.82, 2.24) is 15.3 Å². The summed E-state index contributed by atoms with van der Waals surface area (Å²) in [5.74, 6) is 1.07. The van der Waals surface area contributed by atoms with Crippen molar-refractivity contribution in [2.24, 2.45) is 0 Å². The van der Waals surface area contributed by atoms with Gasteiger partial charge in [-0.3, -0.25) is 4.79 Å². The number of benzene rings is 2. The molecule has 0 aliphatic heterocycles. The SMILES string of the molecule is O=C(Cc1cc2cc(Cl)cc(Cl)c2o1)NCc1nc2ccccc2[nH]1. The second-order valence-electron chi connectivity index (χ2n) is 5.67. The summed E-state index contributed by atoms with van der Waals surface area (Å²) in [7, 11) is 0. The third-order valence-electron chi connectivity index (χ3n) is 3.81. The van der Waals surface area contributed by atoms with Gasteiger partial charge >= 0.3 is 0 Å². The summed E-state index contributed by atoms with van der Waals surface area (Å²) in [6, 6.07) is 12.8. The third-order valence-corrected chi connectivity index (χ3v) is 4.31. The molecule has 0 fully saturated rings. The van der Waals surface area contributed by atoms with Crippen LogP contribution in [0.1, 0.15) is 11.6 Å². The fourth-order valence-electron chi connectivity index (χ4n) is 2.71. The molecule has 4 rings (SSSR count). The zero-order valence-electron chi connectivity index (χ0n) is 13.0. The maximum Gasteiger partial charge on any atom is 0.227 e. The third kappa shape index (κ3) is 3.34. The van der Waals surface area contributed by atoms with Crippen molar-refractivity contribution < 1.29 is 9.21 Å². The second kappa shape index (κ2) is 6.43. The molecular formula is C18H13Cl2N3O2. The molecule has 5 nitrogen and oxygen atoms in total. The quantitative estimate of drug-likeness (QED) is 0.554. The molecule has 0 spiro atoms. The molecule has 0 bridgehead atoms. The van der Waals surface area contributed by atoms with Crippen molar-refractivity contribution in [3.63, 3.8) is 0 Å². The van der Waals surface area contributed by atoms with Gasteiger partial charge in [-0.25, -0.2) is 4.98 Å². The number of imidazole rings is 1. The maximum atomic E-state index is 12.2. The number of carbonyl (C=O) groups is 1. The van der Waals surface area contributed by atoms with E-state index in [1.807, 2.05) is 24.3 Å². The number of rotatable bonds is 4. The largest absolute Gasteiger partial charge is 0.459 e. The van der Waals surface area contributed by atoms with Crippen LogP contribution in [-0.2, 0) is 17.8 Å². The molecule has 4 aromatic rings. The summed E-state index contributed by atoms with van der Waals surface area (Å²) in [5, 5.41) is 4.56. The predicted molar refractivity (Wildman–Crippen MR) is 97.9 cm³/mol. The number of hydrogen-bond acceptors (Lipinski definition) is 3. The highest BCUT2D eigenvalue weighted by molar-refractivity contribution is 6.38. The lowest BCUT2D eigenvalue weighted by atomic mass is 10.2. The number of para-hydroxylation sites is 2. The van der Waals surface area contributed by atoms with Crippen molar-refractivity contribution in [3.8, 4) is 0 Å². The first-order valence-corrected chi connectivity index (χ1v) is 8.42. The van der Waals surface area contributed by atoms with E-state index in [9.17, 15) is 4.79 Å². The van der Waals surface area contributed by atoms with Crippen LogP contribution < -0.4 is 5.32 Å². The van der Waals surface area contributed by atoms with Crippen LogP contribution in [0.4, 0.5) is 0 Å². The number of halogens is 2. The van der Waals surface area contributed by atoms with E-state index in [2.05, 4.69) is 15.3 Å². The first-order valence-electron chi connectivity index (χ1n) is 7.66.